The van der Waals surface area contributed by atoms with E-state index in [1.54, 1.807) is 0 Å². The molecule has 0 amide bonds. The fourth-order valence-electron chi connectivity index (χ4n) is 3.13. The van der Waals surface area contributed by atoms with Crippen molar-refractivity contribution in [3.63, 3.8) is 0 Å². The predicted octanol–water partition coefficient (Wildman–Crippen LogP) is 7.38. The quantitative estimate of drug-likeness (QED) is 0.190. The predicted molar refractivity (Wildman–Crippen MR) is 110 cm³/mol. The summed E-state index contributed by atoms with van der Waals surface area (Å²) >= 11 is 0. The lowest BCUT2D eigenvalue weighted by Crippen LogP contribution is -2.35. The number of nitrogens with zero attached hydrogens (tertiary/aromatic N) is 1. The summed E-state index contributed by atoms with van der Waals surface area (Å²) in [5.74, 6) is 0. The zero-order chi connectivity index (χ0) is 16.5. The summed E-state index contributed by atoms with van der Waals surface area (Å²) in [7, 11) is 6.89. The van der Waals surface area contributed by atoms with E-state index in [0.29, 0.717) is 0 Å². The number of hydrogen-bond acceptors (Lipinski definition) is 0. The van der Waals surface area contributed by atoms with Crippen molar-refractivity contribution >= 4 is 12.4 Å². The van der Waals surface area contributed by atoms with Crippen LogP contribution in [0.5, 0.6) is 0 Å². The molecule has 0 aromatic heterocycles. The topological polar surface area (TPSA) is 0 Å². The van der Waals surface area contributed by atoms with Crippen molar-refractivity contribution < 1.29 is 4.48 Å². The number of quaternary nitrogens is 1. The summed E-state index contributed by atoms with van der Waals surface area (Å²) in [5, 5.41) is 0. The van der Waals surface area contributed by atoms with Gasteiger partial charge < -0.3 is 4.48 Å². The Morgan fingerprint density at radius 1 is 0.435 bits per heavy atom. The van der Waals surface area contributed by atoms with Gasteiger partial charge in [-0.2, -0.15) is 0 Å². The molecule has 0 rings (SSSR count). The van der Waals surface area contributed by atoms with Crippen molar-refractivity contribution in [3.8, 4) is 0 Å². The molecular formula is C21H47ClN+. The summed E-state index contributed by atoms with van der Waals surface area (Å²) in [6.45, 7) is 3.63. The van der Waals surface area contributed by atoms with E-state index < -0.39 is 0 Å². The van der Waals surface area contributed by atoms with Crippen LogP contribution in [-0.4, -0.2) is 32.2 Å². The van der Waals surface area contributed by atoms with Gasteiger partial charge in [0.25, 0.3) is 0 Å². The highest BCUT2D eigenvalue weighted by Crippen LogP contribution is 2.13. The Kier molecular flexibility index (Phi) is 20.6. The molecule has 0 bridgehead atoms. The monoisotopic (exact) mass is 348 g/mol. The molecule has 142 valence electrons. The lowest BCUT2D eigenvalue weighted by atomic mass is 10.0. The average molecular weight is 349 g/mol. The van der Waals surface area contributed by atoms with Gasteiger partial charge >= 0.3 is 0 Å². The van der Waals surface area contributed by atoms with Crippen molar-refractivity contribution in [1.82, 2.24) is 0 Å². The smallest absolute Gasteiger partial charge is 0.0780 e. The molecule has 0 saturated carbocycles. The third kappa shape index (κ3) is 24.6. The maximum atomic E-state index is 2.30. The Balaban J connectivity index is 0. The van der Waals surface area contributed by atoms with E-state index in [1.165, 1.54) is 109 Å². The van der Waals surface area contributed by atoms with Gasteiger partial charge in [0.2, 0.25) is 0 Å². The first-order valence-corrected chi connectivity index (χ1v) is 10.4. The zero-order valence-electron chi connectivity index (χ0n) is 16.9. The Morgan fingerprint density at radius 3 is 0.957 bits per heavy atom. The summed E-state index contributed by atoms with van der Waals surface area (Å²) in [6, 6.07) is 0. The molecule has 0 saturated heterocycles. The molecule has 2 heteroatoms. The van der Waals surface area contributed by atoms with Crippen LogP contribution in [-0.2, 0) is 0 Å². The fourth-order valence-corrected chi connectivity index (χ4v) is 3.13. The van der Waals surface area contributed by atoms with Crippen LogP contribution in [0.1, 0.15) is 110 Å². The molecule has 0 atom stereocenters. The molecule has 0 aliphatic heterocycles. The van der Waals surface area contributed by atoms with E-state index in [2.05, 4.69) is 28.1 Å². The average Bonchev–Trinajstić information content (AvgIpc) is 2.45. The molecule has 0 aromatic rings. The second-order valence-corrected chi connectivity index (χ2v) is 8.32. The second-order valence-electron chi connectivity index (χ2n) is 8.32. The first kappa shape index (κ1) is 25.5. The van der Waals surface area contributed by atoms with Gasteiger partial charge in [0.1, 0.15) is 0 Å². The molecule has 0 fully saturated rings. The molecule has 0 aliphatic rings. The number of unbranched alkanes of at least 4 members (excludes halogenated alkanes) is 15. The third-order valence-electron chi connectivity index (χ3n) is 4.68. The third-order valence-corrected chi connectivity index (χ3v) is 4.68. The van der Waals surface area contributed by atoms with E-state index in [1.807, 2.05) is 0 Å². The minimum Gasteiger partial charge on any atom is -0.331 e. The van der Waals surface area contributed by atoms with Crippen LogP contribution >= 0.6 is 12.4 Å². The first-order valence-electron chi connectivity index (χ1n) is 10.4. The zero-order valence-corrected chi connectivity index (χ0v) is 17.7. The highest BCUT2D eigenvalue weighted by molar-refractivity contribution is 5.85. The lowest BCUT2D eigenvalue weighted by molar-refractivity contribution is -0.870. The van der Waals surface area contributed by atoms with Gasteiger partial charge in [0.05, 0.1) is 27.7 Å². The molecule has 23 heavy (non-hydrogen) atoms. The minimum atomic E-state index is 0. The van der Waals surface area contributed by atoms with Crippen LogP contribution in [0.25, 0.3) is 0 Å². The summed E-state index contributed by atoms with van der Waals surface area (Å²) < 4.78 is 1.12. The Morgan fingerprint density at radius 2 is 0.696 bits per heavy atom. The van der Waals surface area contributed by atoms with E-state index in [9.17, 15) is 0 Å². The SMILES string of the molecule is CCCCCCCCCCCCCCCCCC[N+](C)(C)C.Cl. The molecule has 0 unspecified atom stereocenters. The molecule has 0 heterocycles. The van der Waals surface area contributed by atoms with Crippen LogP contribution in [0.4, 0.5) is 0 Å². The van der Waals surface area contributed by atoms with Crippen molar-refractivity contribution in [2.24, 2.45) is 0 Å². The van der Waals surface area contributed by atoms with Gasteiger partial charge in [-0.3, -0.25) is 0 Å². The van der Waals surface area contributed by atoms with Crippen molar-refractivity contribution in [2.75, 3.05) is 27.7 Å². The Labute approximate surface area is 154 Å². The minimum absolute atomic E-state index is 0. The molecule has 0 N–H and O–H groups in total. The Bertz CT molecular complexity index is 210. The largest absolute Gasteiger partial charge is 0.331 e. The molecular weight excluding hydrogens is 302 g/mol. The van der Waals surface area contributed by atoms with Crippen LogP contribution in [0.3, 0.4) is 0 Å². The van der Waals surface area contributed by atoms with Crippen molar-refractivity contribution in [2.45, 2.75) is 110 Å². The Hall–Kier alpha value is 0.250. The normalized spacial score (nSPS) is 11.5. The molecule has 0 radical (unpaired) electrons. The highest BCUT2D eigenvalue weighted by Gasteiger charge is 2.04. The highest BCUT2D eigenvalue weighted by atomic mass is 35.5. The van der Waals surface area contributed by atoms with Gasteiger partial charge in [-0.05, 0) is 12.8 Å². The number of halogens is 1. The lowest BCUT2D eigenvalue weighted by Gasteiger charge is -2.23. The van der Waals surface area contributed by atoms with E-state index in [0.717, 1.165) is 4.48 Å². The van der Waals surface area contributed by atoms with Crippen LogP contribution in [0, 0.1) is 0 Å². The summed E-state index contributed by atoms with van der Waals surface area (Å²) in [4.78, 5) is 0. The van der Waals surface area contributed by atoms with Crippen LogP contribution in [0.2, 0.25) is 0 Å². The maximum absolute atomic E-state index is 2.30. The van der Waals surface area contributed by atoms with E-state index in [-0.39, 0.29) is 12.4 Å². The van der Waals surface area contributed by atoms with Crippen molar-refractivity contribution in [3.05, 3.63) is 0 Å². The van der Waals surface area contributed by atoms with Gasteiger partial charge in [-0.15, -0.1) is 12.4 Å². The van der Waals surface area contributed by atoms with Crippen LogP contribution in [0.15, 0.2) is 0 Å². The maximum Gasteiger partial charge on any atom is 0.0780 e. The second kappa shape index (κ2) is 18.6. The molecule has 1 nitrogen and oxygen atoms in total. The molecule has 0 aromatic carbocycles. The first-order chi connectivity index (χ1) is 10.6. The van der Waals surface area contributed by atoms with Crippen molar-refractivity contribution in [1.29, 1.82) is 0 Å². The fraction of sp³-hybridized carbons (Fsp3) is 1.00. The standard InChI is InChI=1S/C21H46N.ClH/c1-5-6-7-8-9-10-11-12-13-14-15-16-17-18-19-20-21-22(2,3)4;/h5-21H2,1-4H3;1H/q+1;. The number of rotatable bonds is 17. The van der Waals surface area contributed by atoms with E-state index in [4.69, 9.17) is 0 Å². The van der Waals surface area contributed by atoms with Gasteiger partial charge in [0, 0.05) is 0 Å². The van der Waals surface area contributed by atoms with Gasteiger partial charge in [-0.1, -0.05) is 96.8 Å². The van der Waals surface area contributed by atoms with E-state index >= 15 is 0 Å². The van der Waals surface area contributed by atoms with Crippen LogP contribution < -0.4 is 0 Å². The summed E-state index contributed by atoms with van der Waals surface area (Å²) in [5.41, 5.74) is 0. The van der Waals surface area contributed by atoms with Gasteiger partial charge in [-0.25, -0.2) is 0 Å². The summed E-state index contributed by atoms with van der Waals surface area (Å²) in [6.07, 6.45) is 23.4. The number of hydrogen-bond donors (Lipinski definition) is 0. The van der Waals surface area contributed by atoms with Gasteiger partial charge in [0.15, 0.2) is 0 Å². The molecule has 0 aliphatic carbocycles. The molecule has 0 spiro atoms.